The summed E-state index contributed by atoms with van der Waals surface area (Å²) in [6.07, 6.45) is 0. The highest BCUT2D eigenvalue weighted by molar-refractivity contribution is 6.31. The molecule has 0 atom stereocenters. The normalized spacial score (nSPS) is 11.3. The molecule has 0 aliphatic carbocycles. The molecule has 0 aliphatic rings. The second-order valence-electron chi connectivity index (χ2n) is 4.20. The fourth-order valence-corrected chi connectivity index (χ4v) is 2.03. The fraction of sp³-hybridized carbons (Fsp3) is 0.417. The molecule has 1 nitrogen and oxygen atoms in total. The summed E-state index contributed by atoms with van der Waals surface area (Å²) >= 11 is 5.90. The minimum Gasteiger partial charge on any atom is -0.207 e. The van der Waals surface area contributed by atoms with Crippen LogP contribution in [0.5, 0.6) is 0 Å². The summed E-state index contributed by atoms with van der Waals surface area (Å²) in [7, 11) is 0. The average Bonchev–Trinajstić information content (AvgIpc) is 2.15. The monoisotopic (exact) mass is 225 g/mol. The summed E-state index contributed by atoms with van der Waals surface area (Å²) in [6, 6.07) is 3.46. The number of nitrogens with zero attached hydrogens (tertiary/aromatic N) is 1. The van der Waals surface area contributed by atoms with E-state index in [4.69, 9.17) is 16.9 Å². The lowest BCUT2D eigenvalue weighted by atomic mass is 9.80. The van der Waals surface area contributed by atoms with Crippen LogP contribution in [0.1, 0.15) is 30.5 Å². The first-order chi connectivity index (χ1) is 6.81. The van der Waals surface area contributed by atoms with Gasteiger partial charge >= 0.3 is 0 Å². The molecule has 0 saturated heterocycles. The van der Waals surface area contributed by atoms with E-state index in [2.05, 4.69) is 6.07 Å². The molecule has 0 fully saturated rings. The van der Waals surface area contributed by atoms with E-state index >= 15 is 0 Å². The van der Waals surface area contributed by atoms with Crippen molar-refractivity contribution < 1.29 is 4.39 Å². The van der Waals surface area contributed by atoms with Crippen LogP contribution >= 0.6 is 11.6 Å². The summed E-state index contributed by atoms with van der Waals surface area (Å²) in [5.74, 6) is -0.357. The molecular weight excluding hydrogens is 213 g/mol. The van der Waals surface area contributed by atoms with Gasteiger partial charge in [0.25, 0.3) is 0 Å². The van der Waals surface area contributed by atoms with Gasteiger partial charge in [-0.1, -0.05) is 11.6 Å². The molecule has 0 heterocycles. The summed E-state index contributed by atoms with van der Waals surface area (Å²) in [5, 5.41) is 9.43. The second-order valence-corrected chi connectivity index (χ2v) is 4.61. The predicted molar refractivity (Wildman–Crippen MR) is 59.5 cm³/mol. The molecule has 1 rings (SSSR count). The Morgan fingerprint density at radius 3 is 2.33 bits per heavy atom. The zero-order valence-electron chi connectivity index (χ0n) is 9.28. The van der Waals surface area contributed by atoms with Crippen LogP contribution in [0.3, 0.4) is 0 Å². The first kappa shape index (κ1) is 12.0. The number of hydrogen-bond donors (Lipinski definition) is 0. The molecule has 0 N–H and O–H groups in total. The van der Waals surface area contributed by atoms with Crippen molar-refractivity contribution in [2.45, 2.75) is 33.1 Å². The summed E-state index contributed by atoms with van der Waals surface area (Å²) < 4.78 is 13.5. The first-order valence-corrected chi connectivity index (χ1v) is 5.06. The van der Waals surface area contributed by atoms with Gasteiger partial charge in [0.2, 0.25) is 0 Å². The molecule has 0 amide bonds. The number of nitriles is 1. The molecule has 0 aromatic heterocycles. The van der Waals surface area contributed by atoms with Crippen molar-refractivity contribution in [1.82, 2.24) is 0 Å². The Hall–Kier alpha value is -1.07. The van der Waals surface area contributed by atoms with Gasteiger partial charge in [-0.25, -0.2) is 4.39 Å². The molecule has 0 aliphatic heterocycles. The van der Waals surface area contributed by atoms with Gasteiger partial charge in [0.15, 0.2) is 0 Å². The molecule has 3 heteroatoms. The second kappa shape index (κ2) is 3.83. The maximum Gasteiger partial charge on any atom is 0.127 e. The van der Waals surface area contributed by atoms with Crippen LogP contribution in [0.4, 0.5) is 4.39 Å². The highest BCUT2D eigenvalue weighted by Gasteiger charge is 2.26. The standard InChI is InChI=1S/C12H13ClFN/c1-7-9(13)5-10(14)8(2)11(7)12(3,4)6-15/h5H,1-4H3. The van der Waals surface area contributed by atoms with Gasteiger partial charge in [0.05, 0.1) is 11.5 Å². The Bertz CT molecular complexity index is 418. The maximum absolute atomic E-state index is 13.5. The van der Waals surface area contributed by atoms with Crippen LogP contribution in [-0.2, 0) is 5.41 Å². The maximum atomic E-state index is 13.5. The van der Waals surface area contributed by atoms with Crippen LogP contribution in [0.15, 0.2) is 6.07 Å². The van der Waals surface area contributed by atoms with E-state index in [0.717, 1.165) is 5.56 Å². The van der Waals surface area contributed by atoms with Crippen molar-refractivity contribution in [2.24, 2.45) is 0 Å². The van der Waals surface area contributed by atoms with Gasteiger partial charge < -0.3 is 0 Å². The minimum absolute atomic E-state index is 0.357. The van der Waals surface area contributed by atoms with Gasteiger partial charge in [0.1, 0.15) is 5.82 Å². The zero-order valence-corrected chi connectivity index (χ0v) is 10.0. The number of rotatable bonds is 1. The third-order valence-electron chi connectivity index (χ3n) is 2.62. The lowest BCUT2D eigenvalue weighted by molar-refractivity contribution is 0.598. The van der Waals surface area contributed by atoms with E-state index in [1.54, 1.807) is 20.8 Å². The smallest absolute Gasteiger partial charge is 0.127 e. The van der Waals surface area contributed by atoms with E-state index in [9.17, 15) is 4.39 Å². The molecule has 0 spiro atoms. The molecule has 0 saturated carbocycles. The highest BCUT2D eigenvalue weighted by Crippen LogP contribution is 2.34. The van der Waals surface area contributed by atoms with Crippen LogP contribution in [0.25, 0.3) is 0 Å². The quantitative estimate of drug-likeness (QED) is 0.711. The molecule has 1 aromatic rings. The molecule has 0 bridgehead atoms. The van der Waals surface area contributed by atoms with Crippen LogP contribution in [-0.4, -0.2) is 0 Å². The lowest BCUT2D eigenvalue weighted by Gasteiger charge is -2.22. The average molecular weight is 226 g/mol. The van der Waals surface area contributed by atoms with E-state index in [-0.39, 0.29) is 5.82 Å². The molecule has 0 unspecified atom stereocenters. The number of hydrogen-bond acceptors (Lipinski definition) is 1. The predicted octanol–water partition coefficient (Wildman–Crippen LogP) is 3.90. The van der Waals surface area contributed by atoms with E-state index in [1.807, 2.05) is 6.92 Å². The molecule has 1 aromatic carbocycles. The van der Waals surface area contributed by atoms with Gasteiger partial charge in [-0.2, -0.15) is 5.26 Å². The Labute approximate surface area is 94.5 Å². The van der Waals surface area contributed by atoms with Gasteiger partial charge in [-0.3, -0.25) is 0 Å². The van der Waals surface area contributed by atoms with Crippen LogP contribution < -0.4 is 0 Å². The molecular formula is C12H13ClFN. The van der Waals surface area contributed by atoms with Crippen molar-refractivity contribution in [3.05, 3.63) is 33.6 Å². The van der Waals surface area contributed by atoms with E-state index in [0.29, 0.717) is 16.1 Å². The van der Waals surface area contributed by atoms with Crippen molar-refractivity contribution in [3.63, 3.8) is 0 Å². The summed E-state index contributed by atoms with van der Waals surface area (Å²) in [6.45, 7) is 7.01. The van der Waals surface area contributed by atoms with E-state index in [1.165, 1.54) is 6.07 Å². The SMILES string of the molecule is Cc1c(F)cc(Cl)c(C)c1C(C)(C)C#N. The number of halogens is 2. The Morgan fingerprint density at radius 1 is 1.33 bits per heavy atom. The highest BCUT2D eigenvalue weighted by atomic mass is 35.5. The van der Waals surface area contributed by atoms with Gasteiger partial charge in [-0.05, 0) is 50.5 Å². The van der Waals surface area contributed by atoms with Crippen LogP contribution in [0, 0.1) is 31.0 Å². The van der Waals surface area contributed by atoms with Crippen LogP contribution in [0.2, 0.25) is 5.02 Å². The van der Waals surface area contributed by atoms with Crippen molar-refractivity contribution in [2.75, 3.05) is 0 Å². The lowest BCUT2D eigenvalue weighted by Crippen LogP contribution is -2.18. The fourth-order valence-electron chi connectivity index (χ4n) is 1.84. The van der Waals surface area contributed by atoms with Gasteiger partial charge in [0, 0.05) is 5.02 Å². The van der Waals surface area contributed by atoms with Gasteiger partial charge in [-0.15, -0.1) is 0 Å². The Kier molecular flexibility index (Phi) is 3.06. The largest absolute Gasteiger partial charge is 0.207 e. The van der Waals surface area contributed by atoms with Crippen molar-refractivity contribution >= 4 is 11.6 Å². The van der Waals surface area contributed by atoms with Crippen molar-refractivity contribution in [3.8, 4) is 6.07 Å². The van der Waals surface area contributed by atoms with Crippen molar-refractivity contribution in [1.29, 1.82) is 5.26 Å². The first-order valence-electron chi connectivity index (χ1n) is 4.68. The third-order valence-corrected chi connectivity index (χ3v) is 3.02. The molecule has 15 heavy (non-hydrogen) atoms. The van der Waals surface area contributed by atoms with E-state index < -0.39 is 5.41 Å². The minimum atomic E-state index is -0.722. The molecule has 80 valence electrons. The topological polar surface area (TPSA) is 23.8 Å². The third kappa shape index (κ3) is 1.98. The Morgan fingerprint density at radius 2 is 1.87 bits per heavy atom. The summed E-state index contributed by atoms with van der Waals surface area (Å²) in [4.78, 5) is 0. The number of benzene rings is 1. The molecule has 0 radical (unpaired) electrons. The zero-order chi connectivity index (χ0) is 11.8. The Balaban J connectivity index is 3.62. The summed E-state index contributed by atoms with van der Waals surface area (Å²) in [5.41, 5.74) is 1.25.